The molecule has 6 unspecified atom stereocenters. The average Bonchev–Trinajstić information content (AvgIpc) is 2.36. The quantitative estimate of drug-likeness (QED) is 0.213. The highest BCUT2D eigenvalue weighted by Gasteiger charge is 2.37. The van der Waals surface area contributed by atoms with Crippen molar-refractivity contribution < 1.29 is 40.4 Å². The smallest absolute Gasteiger partial charge is 0.283 e. The van der Waals surface area contributed by atoms with Gasteiger partial charge in [0.15, 0.2) is 0 Å². The van der Waals surface area contributed by atoms with E-state index in [1.54, 1.807) is 0 Å². The van der Waals surface area contributed by atoms with Crippen LogP contribution in [0.1, 0.15) is 0 Å². The molecule has 7 N–H and O–H groups in total. The number of aliphatic hydroxyl groups is 7. The highest BCUT2D eigenvalue weighted by Crippen LogP contribution is 2.13. The first-order valence-corrected chi connectivity index (χ1v) is 4.88. The van der Waals surface area contributed by atoms with Crippen LogP contribution in [0, 0.1) is 0 Å². The van der Waals surface area contributed by atoms with Crippen LogP contribution in [0.15, 0.2) is 0 Å². The molecule has 6 atom stereocenters. The fraction of sp³-hybridized carbons (Fsp3) is 1.00. The molecule has 0 aliphatic heterocycles. The third-order valence-corrected chi connectivity index (χ3v) is 2.34. The predicted octanol–water partition coefficient (Wildman–Crippen LogP) is -4.76. The van der Waals surface area contributed by atoms with Crippen LogP contribution in [0.5, 0.6) is 0 Å². The van der Waals surface area contributed by atoms with E-state index >= 15 is 0 Å². The van der Waals surface area contributed by atoms with Gasteiger partial charge in [0.05, 0.1) is 19.3 Å². The number of hydrogen-bond donors (Lipinski definition) is 7. The van der Waals surface area contributed by atoms with Gasteiger partial charge in [-0.3, -0.25) is 0 Å². The van der Waals surface area contributed by atoms with Gasteiger partial charge in [0.2, 0.25) is 0 Å². The molecule has 0 aliphatic carbocycles. The molecule has 0 heterocycles. The molecule has 0 aromatic carbocycles. The van der Waals surface area contributed by atoms with Crippen LogP contribution >= 0.6 is 0 Å². The lowest BCUT2D eigenvalue weighted by Gasteiger charge is -2.32. The second-order valence-corrected chi connectivity index (χ2v) is 3.57. The summed E-state index contributed by atoms with van der Waals surface area (Å²) in [4.78, 5) is 0. The van der Waals surface area contributed by atoms with Crippen LogP contribution in [-0.2, 0) is 4.65 Å². The van der Waals surface area contributed by atoms with Gasteiger partial charge in [-0.15, -0.1) is 0 Å². The predicted molar refractivity (Wildman–Crippen MR) is 54.8 cm³/mol. The lowest BCUT2D eigenvalue weighted by Crippen LogP contribution is -2.54. The standard InChI is InChI=1S/C8H17BO8/c9-17-8(6(15)4(13)2-11)7(16)5(14)3(12)1-10/h3-8,10-16H,1-2H2. The summed E-state index contributed by atoms with van der Waals surface area (Å²) in [7, 11) is 4.78. The molecule has 0 spiro atoms. The molecule has 0 aliphatic rings. The van der Waals surface area contributed by atoms with Crippen molar-refractivity contribution >= 4 is 8.05 Å². The van der Waals surface area contributed by atoms with Gasteiger partial charge in [-0.2, -0.15) is 0 Å². The molecule has 0 bridgehead atoms. The van der Waals surface area contributed by atoms with Crippen LogP contribution in [-0.4, -0.2) is 93.6 Å². The molecule has 2 radical (unpaired) electrons. The first kappa shape index (κ1) is 16.7. The average molecular weight is 252 g/mol. The minimum absolute atomic E-state index is 0.813. The van der Waals surface area contributed by atoms with Gasteiger partial charge < -0.3 is 40.4 Å². The van der Waals surface area contributed by atoms with Crippen molar-refractivity contribution in [1.82, 2.24) is 0 Å². The molecule has 0 aromatic heterocycles. The van der Waals surface area contributed by atoms with Crippen LogP contribution in [0.2, 0.25) is 0 Å². The lowest BCUT2D eigenvalue weighted by molar-refractivity contribution is -0.152. The Kier molecular flexibility index (Phi) is 7.83. The summed E-state index contributed by atoms with van der Waals surface area (Å²) in [5, 5.41) is 63.6. The molecule has 0 saturated carbocycles. The zero-order valence-corrected chi connectivity index (χ0v) is 8.99. The largest absolute Gasteiger partial charge is 0.440 e. The summed E-state index contributed by atoms with van der Waals surface area (Å²) in [6.07, 6.45) is -10.4. The van der Waals surface area contributed by atoms with Crippen molar-refractivity contribution in [2.45, 2.75) is 36.6 Å². The first-order chi connectivity index (χ1) is 7.90. The molecule has 0 amide bonds. The third kappa shape index (κ3) is 4.49. The van der Waals surface area contributed by atoms with Gasteiger partial charge in [-0.25, -0.2) is 0 Å². The molecule has 0 aromatic rings. The Morgan fingerprint density at radius 1 is 0.765 bits per heavy atom. The van der Waals surface area contributed by atoms with Gasteiger partial charge in [-0.1, -0.05) is 0 Å². The van der Waals surface area contributed by atoms with Gasteiger partial charge >= 0.3 is 0 Å². The zero-order valence-electron chi connectivity index (χ0n) is 8.99. The highest BCUT2D eigenvalue weighted by atomic mass is 16.5. The molecular weight excluding hydrogens is 235 g/mol. The fourth-order valence-corrected chi connectivity index (χ4v) is 1.22. The van der Waals surface area contributed by atoms with Crippen molar-refractivity contribution in [2.24, 2.45) is 0 Å². The Morgan fingerprint density at radius 2 is 1.18 bits per heavy atom. The second kappa shape index (κ2) is 7.95. The van der Waals surface area contributed by atoms with E-state index in [-0.39, 0.29) is 0 Å². The topological polar surface area (TPSA) is 151 Å². The second-order valence-electron chi connectivity index (χ2n) is 3.57. The number of rotatable bonds is 8. The Labute approximate surface area is 99.2 Å². The van der Waals surface area contributed by atoms with Gasteiger partial charge in [0.25, 0.3) is 8.05 Å². The maximum atomic E-state index is 9.51. The van der Waals surface area contributed by atoms with Crippen LogP contribution in [0.3, 0.4) is 0 Å². The van der Waals surface area contributed by atoms with Crippen LogP contribution in [0.4, 0.5) is 0 Å². The molecule has 0 fully saturated rings. The van der Waals surface area contributed by atoms with Crippen LogP contribution < -0.4 is 0 Å². The Hall–Kier alpha value is -0.255. The maximum absolute atomic E-state index is 9.51. The Bertz CT molecular complexity index is 206. The van der Waals surface area contributed by atoms with Gasteiger partial charge in [0.1, 0.15) is 30.5 Å². The van der Waals surface area contributed by atoms with Crippen LogP contribution in [0.25, 0.3) is 0 Å². The minimum Gasteiger partial charge on any atom is -0.440 e. The summed E-state index contributed by atoms with van der Waals surface area (Å²) in [5.41, 5.74) is 0. The van der Waals surface area contributed by atoms with E-state index in [4.69, 9.17) is 28.5 Å². The lowest BCUT2D eigenvalue weighted by atomic mass is 9.96. The minimum atomic E-state index is -1.86. The SMILES string of the molecule is [B]OC(C(O)C(O)CO)C(O)C(O)C(O)CO. The van der Waals surface area contributed by atoms with E-state index in [1.165, 1.54) is 0 Å². The van der Waals surface area contributed by atoms with Crippen molar-refractivity contribution in [3.05, 3.63) is 0 Å². The molecule has 0 saturated heterocycles. The van der Waals surface area contributed by atoms with Crippen molar-refractivity contribution in [3.63, 3.8) is 0 Å². The van der Waals surface area contributed by atoms with E-state index in [0.717, 1.165) is 0 Å². The summed E-state index contributed by atoms with van der Waals surface area (Å²) in [6.45, 7) is -1.64. The molecule has 100 valence electrons. The fourth-order valence-electron chi connectivity index (χ4n) is 1.22. The van der Waals surface area contributed by atoms with Crippen molar-refractivity contribution in [1.29, 1.82) is 0 Å². The molecule has 9 heteroatoms. The summed E-state index contributed by atoms with van der Waals surface area (Å²) >= 11 is 0. The third-order valence-electron chi connectivity index (χ3n) is 2.34. The van der Waals surface area contributed by atoms with E-state index in [2.05, 4.69) is 4.65 Å². The van der Waals surface area contributed by atoms with E-state index in [0.29, 0.717) is 0 Å². The monoisotopic (exact) mass is 252 g/mol. The molecule has 8 nitrogen and oxygen atoms in total. The Balaban J connectivity index is 4.64. The van der Waals surface area contributed by atoms with E-state index < -0.39 is 49.8 Å². The summed E-state index contributed by atoms with van der Waals surface area (Å²) < 4.78 is 4.19. The van der Waals surface area contributed by atoms with Gasteiger partial charge in [-0.05, 0) is 0 Å². The Morgan fingerprint density at radius 3 is 1.53 bits per heavy atom. The first-order valence-electron chi connectivity index (χ1n) is 4.88. The summed E-state index contributed by atoms with van der Waals surface area (Å²) in [5.74, 6) is 0. The summed E-state index contributed by atoms with van der Waals surface area (Å²) in [6, 6.07) is 0. The maximum Gasteiger partial charge on any atom is 0.283 e. The molecular formula is C8H17BO8. The van der Waals surface area contributed by atoms with Crippen molar-refractivity contribution in [2.75, 3.05) is 13.2 Å². The molecule has 17 heavy (non-hydrogen) atoms. The number of aliphatic hydroxyl groups excluding tert-OH is 7. The zero-order chi connectivity index (χ0) is 13.6. The van der Waals surface area contributed by atoms with Crippen molar-refractivity contribution in [3.8, 4) is 0 Å². The van der Waals surface area contributed by atoms with E-state index in [1.807, 2.05) is 0 Å². The van der Waals surface area contributed by atoms with Gasteiger partial charge in [0, 0.05) is 0 Å². The van der Waals surface area contributed by atoms with E-state index in [9.17, 15) is 15.3 Å². The number of hydrogen-bond acceptors (Lipinski definition) is 8. The normalized spacial score (nSPS) is 22.5. The highest BCUT2D eigenvalue weighted by molar-refractivity contribution is 5.98. The molecule has 0 rings (SSSR count).